The molecule has 32 heavy (non-hydrogen) atoms. The predicted molar refractivity (Wildman–Crippen MR) is 130 cm³/mol. The van der Waals surface area contributed by atoms with Crippen LogP contribution in [-0.2, 0) is 4.79 Å². The summed E-state index contributed by atoms with van der Waals surface area (Å²) in [6, 6.07) is 13.6. The molecule has 0 saturated carbocycles. The first kappa shape index (κ1) is 22.7. The first-order valence-corrected chi connectivity index (χ1v) is 11.7. The van der Waals surface area contributed by atoms with Gasteiger partial charge in [0, 0.05) is 50.6 Å². The van der Waals surface area contributed by atoms with Crippen LogP contribution in [0.4, 0.5) is 16.2 Å². The molecule has 6 nitrogen and oxygen atoms in total. The smallest absolute Gasteiger partial charge is 0.325 e. The number of carbonyl (C=O) groups excluding carboxylic acids is 2. The van der Waals surface area contributed by atoms with Crippen LogP contribution in [0, 0.1) is 0 Å². The van der Waals surface area contributed by atoms with E-state index in [0.29, 0.717) is 55.2 Å². The Balaban J connectivity index is 1.31. The van der Waals surface area contributed by atoms with Gasteiger partial charge in [0.15, 0.2) is 0 Å². The van der Waals surface area contributed by atoms with Crippen molar-refractivity contribution >= 4 is 46.5 Å². The number of anilines is 2. The molecule has 2 aromatic rings. The lowest BCUT2D eigenvalue weighted by atomic mass is 10.0. The Bertz CT molecular complexity index is 988. The fraction of sp³-hybridized carbons (Fsp3) is 0.417. The zero-order valence-corrected chi connectivity index (χ0v) is 19.9. The van der Waals surface area contributed by atoms with Gasteiger partial charge in [0.2, 0.25) is 5.91 Å². The van der Waals surface area contributed by atoms with Crippen LogP contribution in [0.15, 0.2) is 42.5 Å². The van der Waals surface area contributed by atoms with Gasteiger partial charge in [-0.3, -0.25) is 9.69 Å². The molecule has 8 heteroatoms. The monoisotopic (exact) mass is 474 g/mol. The van der Waals surface area contributed by atoms with Gasteiger partial charge in [0.05, 0.1) is 10.0 Å². The van der Waals surface area contributed by atoms with Gasteiger partial charge in [-0.2, -0.15) is 0 Å². The average Bonchev–Trinajstić information content (AvgIpc) is 3.15. The molecule has 2 aliphatic rings. The topological polar surface area (TPSA) is 47.1 Å². The summed E-state index contributed by atoms with van der Waals surface area (Å²) in [7, 11) is 0. The predicted octanol–water partition coefficient (Wildman–Crippen LogP) is 4.71. The van der Waals surface area contributed by atoms with Gasteiger partial charge >= 0.3 is 6.03 Å². The van der Waals surface area contributed by atoms with Gasteiger partial charge in [0.1, 0.15) is 6.54 Å². The molecule has 0 aliphatic carbocycles. The standard InChI is InChI=1S/C24H28Cl2N4O2/c1-17(2)18-3-5-19(6-4-18)30-14-13-29(24(30)32)16-23(31)28-11-9-27(10-12-28)20-7-8-21(25)22(26)15-20/h3-8,15,17H,9-14,16H2,1-2H3. The zero-order valence-electron chi connectivity index (χ0n) is 18.4. The number of benzene rings is 2. The lowest BCUT2D eigenvalue weighted by Gasteiger charge is -2.36. The van der Waals surface area contributed by atoms with Crippen LogP contribution in [-0.4, -0.2) is 67.6 Å². The van der Waals surface area contributed by atoms with Crippen molar-refractivity contribution in [2.24, 2.45) is 0 Å². The third kappa shape index (κ3) is 4.81. The molecule has 2 aromatic carbocycles. The second-order valence-corrected chi connectivity index (χ2v) is 9.38. The summed E-state index contributed by atoms with van der Waals surface area (Å²) in [6.45, 7) is 8.21. The fourth-order valence-corrected chi connectivity index (χ4v) is 4.46. The van der Waals surface area contributed by atoms with E-state index < -0.39 is 0 Å². The Kier molecular flexibility index (Phi) is 6.82. The van der Waals surface area contributed by atoms with Crippen molar-refractivity contribution in [3.63, 3.8) is 0 Å². The average molecular weight is 475 g/mol. The number of rotatable bonds is 5. The molecule has 2 fully saturated rings. The zero-order chi connectivity index (χ0) is 22.8. The highest BCUT2D eigenvalue weighted by Crippen LogP contribution is 2.28. The number of amides is 3. The lowest BCUT2D eigenvalue weighted by molar-refractivity contribution is -0.131. The number of carbonyl (C=O) groups is 2. The van der Waals surface area contributed by atoms with Crippen molar-refractivity contribution in [3.8, 4) is 0 Å². The fourth-order valence-electron chi connectivity index (χ4n) is 4.17. The minimum Gasteiger partial charge on any atom is -0.368 e. The van der Waals surface area contributed by atoms with Gasteiger partial charge in [0.25, 0.3) is 0 Å². The van der Waals surface area contributed by atoms with Crippen molar-refractivity contribution < 1.29 is 9.59 Å². The van der Waals surface area contributed by atoms with E-state index in [1.54, 1.807) is 15.9 Å². The van der Waals surface area contributed by atoms with Crippen LogP contribution in [0.2, 0.25) is 10.0 Å². The highest BCUT2D eigenvalue weighted by Gasteiger charge is 2.32. The number of piperazine rings is 1. The molecule has 0 unspecified atom stereocenters. The maximum absolute atomic E-state index is 12.9. The minimum absolute atomic E-state index is 0.0101. The van der Waals surface area contributed by atoms with Crippen molar-refractivity contribution in [1.82, 2.24) is 9.80 Å². The molecule has 0 N–H and O–H groups in total. The summed E-state index contributed by atoms with van der Waals surface area (Å²) < 4.78 is 0. The second-order valence-electron chi connectivity index (χ2n) is 8.57. The van der Waals surface area contributed by atoms with E-state index in [0.717, 1.165) is 11.4 Å². The van der Waals surface area contributed by atoms with Crippen molar-refractivity contribution in [1.29, 1.82) is 0 Å². The molecule has 170 valence electrons. The van der Waals surface area contributed by atoms with Gasteiger partial charge in [-0.05, 0) is 41.8 Å². The molecule has 0 atom stereocenters. The maximum atomic E-state index is 12.9. The van der Waals surface area contributed by atoms with Gasteiger partial charge in [-0.25, -0.2) is 4.79 Å². The van der Waals surface area contributed by atoms with E-state index in [1.807, 2.05) is 29.2 Å². The molecule has 2 aliphatic heterocycles. The second kappa shape index (κ2) is 9.59. The van der Waals surface area contributed by atoms with Crippen LogP contribution < -0.4 is 9.80 Å². The molecule has 2 saturated heterocycles. The first-order chi connectivity index (χ1) is 15.3. The number of halogens is 2. The Hall–Kier alpha value is -2.44. The minimum atomic E-state index is -0.106. The largest absolute Gasteiger partial charge is 0.368 e. The van der Waals surface area contributed by atoms with E-state index in [1.165, 1.54) is 5.56 Å². The highest BCUT2D eigenvalue weighted by atomic mass is 35.5. The Morgan fingerprint density at radius 3 is 2.16 bits per heavy atom. The SMILES string of the molecule is CC(C)c1ccc(N2CCN(CC(=O)N3CCN(c4ccc(Cl)c(Cl)c4)CC3)C2=O)cc1. The quantitative estimate of drug-likeness (QED) is 0.630. The molecule has 3 amide bonds. The molecule has 0 aromatic heterocycles. The molecule has 0 bridgehead atoms. The highest BCUT2D eigenvalue weighted by molar-refractivity contribution is 6.42. The van der Waals surface area contributed by atoms with Crippen LogP contribution >= 0.6 is 23.2 Å². The van der Waals surface area contributed by atoms with Crippen molar-refractivity contribution in [3.05, 3.63) is 58.1 Å². The number of hydrogen-bond acceptors (Lipinski definition) is 3. The summed E-state index contributed by atoms with van der Waals surface area (Å²) >= 11 is 12.1. The van der Waals surface area contributed by atoms with E-state index in [4.69, 9.17) is 23.2 Å². The van der Waals surface area contributed by atoms with Crippen molar-refractivity contribution in [2.45, 2.75) is 19.8 Å². The Labute approximate surface area is 199 Å². The number of nitrogens with zero attached hydrogens (tertiary/aromatic N) is 4. The number of hydrogen-bond donors (Lipinski definition) is 0. The first-order valence-electron chi connectivity index (χ1n) is 11.0. The van der Waals surface area contributed by atoms with Gasteiger partial charge < -0.3 is 14.7 Å². The third-order valence-electron chi connectivity index (χ3n) is 6.19. The summed E-state index contributed by atoms with van der Waals surface area (Å²) in [5, 5.41) is 1.06. The molecule has 4 rings (SSSR count). The summed E-state index contributed by atoms with van der Waals surface area (Å²) in [5.74, 6) is 0.439. The molecule has 0 spiro atoms. The van der Waals surface area contributed by atoms with E-state index in [9.17, 15) is 9.59 Å². The van der Waals surface area contributed by atoms with Crippen LogP contribution in [0.1, 0.15) is 25.3 Å². The molecule has 0 radical (unpaired) electrons. The van der Waals surface area contributed by atoms with E-state index >= 15 is 0 Å². The molecule has 2 heterocycles. The molecular weight excluding hydrogens is 447 g/mol. The van der Waals surface area contributed by atoms with Gasteiger partial charge in [-0.15, -0.1) is 0 Å². The van der Waals surface area contributed by atoms with Crippen LogP contribution in [0.3, 0.4) is 0 Å². The normalized spacial score (nSPS) is 17.0. The van der Waals surface area contributed by atoms with E-state index in [2.05, 4.69) is 30.9 Å². The maximum Gasteiger partial charge on any atom is 0.325 e. The van der Waals surface area contributed by atoms with E-state index in [-0.39, 0.29) is 18.5 Å². The van der Waals surface area contributed by atoms with Gasteiger partial charge in [-0.1, -0.05) is 49.2 Å². The summed E-state index contributed by atoms with van der Waals surface area (Å²) in [6.07, 6.45) is 0. The Morgan fingerprint density at radius 2 is 1.53 bits per heavy atom. The Morgan fingerprint density at radius 1 is 0.875 bits per heavy atom. The molecular formula is C24H28Cl2N4O2. The van der Waals surface area contributed by atoms with Crippen LogP contribution in [0.25, 0.3) is 0 Å². The summed E-state index contributed by atoms with van der Waals surface area (Å²) in [5.41, 5.74) is 3.12. The van der Waals surface area contributed by atoms with Crippen molar-refractivity contribution in [2.75, 3.05) is 55.6 Å². The third-order valence-corrected chi connectivity index (χ3v) is 6.93. The summed E-state index contributed by atoms with van der Waals surface area (Å²) in [4.78, 5) is 33.2. The lowest BCUT2D eigenvalue weighted by Crippen LogP contribution is -2.51. The van der Waals surface area contributed by atoms with Crippen LogP contribution in [0.5, 0.6) is 0 Å². The number of urea groups is 1.